The van der Waals surface area contributed by atoms with Gasteiger partial charge in [0.1, 0.15) is 5.75 Å². The van der Waals surface area contributed by atoms with Crippen LogP contribution in [-0.2, 0) is 14.3 Å². The Morgan fingerprint density at radius 3 is 2.24 bits per heavy atom. The molecule has 1 atom stereocenters. The molecule has 3 rings (SSSR count). The van der Waals surface area contributed by atoms with Crippen molar-refractivity contribution in [1.29, 1.82) is 0 Å². The highest BCUT2D eigenvalue weighted by atomic mass is 16.5. The van der Waals surface area contributed by atoms with Gasteiger partial charge in [-0.2, -0.15) is 0 Å². The summed E-state index contributed by atoms with van der Waals surface area (Å²) in [6.07, 6.45) is -1.33. The van der Waals surface area contributed by atoms with E-state index in [1.165, 1.54) is 7.11 Å². The second-order valence-corrected chi connectivity index (χ2v) is 7.69. The largest absolute Gasteiger partial charge is 0.495 e. The smallest absolute Gasteiger partial charge is 0.307 e. The number of carbonyl (C=O) groups excluding carboxylic acids is 3. The molecule has 0 aliphatic carbocycles. The van der Waals surface area contributed by atoms with E-state index in [1.807, 2.05) is 26.0 Å². The quantitative estimate of drug-likeness (QED) is 0.362. The maximum atomic E-state index is 13.2. The van der Waals surface area contributed by atoms with Gasteiger partial charge in [0.05, 0.1) is 19.2 Å². The van der Waals surface area contributed by atoms with Crippen LogP contribution in [0.1, 0.15) is 46.0 Å². The molecule has 3 aromatic rings. The van der Waals surface area contributed by atoms with Crippen LogP contribution in [0.25, 0.3) is 0 Å². The number of hydrogen-bond donors (Lipinski definition) is 1. The lowest BCUT2D eigenvalue weighted by atomic mass is 9.97. The van der Waals surface area contributed by atoms with Crippen LogP contribution in [0.2, 0.25) is 0 Å². The molecular weight excluding hydrogens is 418 g/mol. The predicted molar refractivity (Wildman–Crippen MR) is 126 cm³/mol. The summed E-state index contributed by atoms with van der Waals surface area (Å²) in [6, 6.07) is 21.3. The van der Waals surface area contributed by atoms with Crippen LogP contribution in [0.15, 0.2) is 72.8 Å². The van der Waals surface area contributed by atoms with Crippen molar-refractivity contribution in [1.82, 2.24) is 0 Å². The third-order valence-electron chi connectivity index (χ3n) is 5.32. The maximum Gasteiger partial charge on any atom is 0.307 e. The van der Waals surface area contributed by atoms with Crippen LogP contribution < -0.4 is 10.1 Å². The molecule has 0 aromatic heterocycles. The summed E-state index contributed by atoms with van der Waals surface area (Å²) in [5.74, 6) is -0.767. The van der Waals surface area contributed by atoms with Crippen LogP contribution >= 0.6 is 0 Å². The minimum Gasteiger partial charge on any atom is -0.495 e. The first-order valence-corrected chi connectivity index (χ1v) is 10.7. The fraction of sp³-hybridized carbons (Fsp3) is 0.222. The lowest BCUT2D eigenvalue weighted by Gasteiger charge is -2.18. The van der Waals surface area contributed by atoms with Crippen molar-refractivity contribution in [3.63, 3.8) is 0 Å². The highest BCUT2D eigenvalue weighted by Gasteiger charge is 2.26. The van der Waals surface area contributed by atoms with E-state index in [0.717, 1.165) is 11.1 Å². The van der Waals surface area contributed by atoms with E-state index in [2.05, 4.69) is 5.32 Å². The number of nitrogens with one attached hydrogen (secondary N) is 1. The van der Waals surface area contributed by atoms with Crippen molar-refractivity contribution < 1.29 is 23.9 Å². The number of aryl methyl sites for hydroxylation is 2. The third-order valence-corrected chi connectivity index (χ3v) is 5.32. The van der Waals surface area contributed by atoms with E-state index in [-0.39, 0.29) is 24.5 Å². The molecule has 170 valence electrons. The summed E-state index contributed by atoms with van der Waals surface area (Å²) in [4.78, 5) is 38.1. The first-order chi connectivity index (χ1) is 15.9. The number of Topliss-reactive ketones (excluding diaryl/α,β-unsaturated/α-hetero) is 1. The van der Waals surface area contributed by atoms with Gasteiger partial charge in [-0.15, -0.1) is 0 Å². The van der Waals surface area contributed by atoms with Gasteiger partial charge < -0.3 is 14.8 Å². The number of para-hydroxylation sites is 2. The van der Waals surface area contributed by atoms with Crippen LogP contribution in [0.3, 0.4) is 0 Å². The molecule has 0 spiro atoms. The molecule has 0 aliphatic heterocycles. The molecule has 6 nitrogen and oxygen atoms in total. The van der Waals surface area contributed by atoms with Gasteiger partial charge in [0.25, 0.3) is 0 Å². The molecule has 0 radical (unpaired) electrons. The molecule has 0 saturated heterocycles. The van der Waals surface area contributed by atoms with Gasteiger partial charge >= 0.3 is 5.97 Å². The van der Waals surface area contributed by atoms with E-state index in [1.54, 1.807) is 60.7 Å². The lowest BCUT2D eigenvalue weighted by Crippen LogP contribution is -2.21. The Kier molecular flexibility index (Phi) is 7.97. The third kappa shape index (κ3) is 6.29. The van der Waals surface area contributed by atoms with Crippen LogP contribution in [0.4, 0.5) is 5.69 Å². The number of ketones is 1. The van der Waals surface area contributed by atoms with E-state index < -0.39 is 12.1 Å². The monoisotopic (exact) mass is 445 g/mol. The Labute approximate surface area is 193 Å². The molecule has 0 aliphatic rings. The second-order valence-electron chi connectivity index (χ2n) is 7.69. The average molecular weight is 446 g/mol. The molecule has 0 bridgehead atoms. The van der Waals surface area contributed by atoms with E-state index >= 15 is 0 Å². The number of methoxy groups -OCH3 is 1. The SMILES string of the molecule is COc1ccccc1NC(=O)CCC(=O)O[C@@H](C(=O)c1ccc(C)c(C)c1)c1ccccc1. The van der Waals surface area contributed by atoms with Gasteiger partial charge in [0, 0.05) is 17.5 Å². The van der Waals surface area contributed by atoms with Crippen molar-refractivity contribution in [3.8, 4) is 5.75 Å². The predicted octanol–water partition coefficient (Wildman–Crippen LogP) is 5.20. The Bertz CT molecular complexity index is 1140. The van der Waals surface area contributed by atoms with Crippen LogP contribution in [0, 0.1) is 13.8 Å². The van der Waals surface area contributed by atoms with Gasteiger partial charge in [-0.3, -0.25) is 14.4 Å². The number of ether oxygens (including phenoxy) is 2. The first-order valence-electron chi connectivity index (χ1n) is 10.7. The van der Waals surface area contributed by atoms with E-state index in [9.17, 15) is 14.4 Å². The fourth-order valence-electron chi connectivity index (χ4n) is 3.31. The fourth-order valence-corrected chi connectivity index (χ4v) is 3.31. The second kappa shape index (κ2) is 11.1. The standard InChI is InChI=1S/C27H27NO5/c1-18-13-14-21(17-19(18)2)26(31)27(20-9-5-4-6-10-20)33-25(30)16-15-24(29)28-22-11-7-8-12-23(22)32-3/h4-14,17,27H,15-16H2,1-3H3,(H,28,29)/t27-/m1/s1. The molecule has 1 amide bonds. The Morgan fingerprint density at radius 1 is 0.848 bits per heavy atom. The molecule has 1 N–H and O–H groups in total. The van der Waals surface area contributed by atoms with Gasteiger partial charge in [0.2, 0.25) is 11.7 Å². The van der Waals surface area contributed by atoms with Gasteiger partial charge in [0.15, 0.2) is 6.10 Å². The number of amides is 1. The number of rotatable bonds is 9. The molecule has 6 heteroatoms. The topological polar surface area (TPSA) is 81.7 Å². The molecular formula is C27H27NO5. The Balaban J connectivity index is 1.68. The zero-order valence-corrected chi connectivity index (χ0v) is 19.0. The molecule has 0 heterocycles. The number of carbonyl (C=O) groups is 3. The Hall–Kier alpha value is -3.93. The number of hydrogen-bond acceptors (Lipinski definition) is 5. The normalized spacial score (nSPS) is 11.4. The highest BCUT2D eigenvalue weighted by molar-refractivity contribution is 6.01. The summed E-state index contributed by atoms with van der Waals surface area (Å²) in [5.41, 5.74) is 3.61. The first kappa shape index (κ1) is 23.7. The average Bonchev–Trinajstić information content (AvgIpc) is 2.83. The summed E-state index contributed by atoms with van der Waals surface area (Å²) in [7, 11) is 1.51. The maximum absolute atomic E-state index is 13.2. The number of esters is 1. The summed E-state index contributed by atoms with van der Waals surface area (Å²) < 4.78 is 10.8. The van der Waals surface area contributed by atoms with Gasteiger partial charge in [-0.05, 0) is 43.2 Å². The van der Waals surface area contributed by atoms with E-state index in [0.29, 0.717) is 22.6 Å². The zero-order valence-electron chi connectivity index (χ0n) is 19.0. The van der Waals surface area contributed by atoms with Crippen molar-refractivity contribution in [2.45, 2.75) is 32.8 Å². The van der Waals surface area contributed by atoms with Crippen molar-refractivity contribution in [2.75, 3.05) is 12.4 Å². The van der Waals surface area contributed by atoms with Crippen molar-refractivity contribution in [2.24, 2.45) is 0 Å². The zero-order chi connectivity index (χ0) is 23.8. The molecule has 0 saturated carbocycles. The number of benzene rings is 3. The molecule has 0 fully saturated rings. The van der Waals surface area contributed by atoms with Gasteiger partial charge in [-0.1, -0.05) is 54.6 Å². The number of anilines is 1. The summed E-state index contributed by atoms with van der Waals surface area (Å²) in [6.45, 7) is 3.89. The van der Waals surface area contributed by atoms with Crippen LogP contribution in [-0.4, -0.2) is 24.8 Å². The molecule has 3 aromatic carbocycles. The minimum absolute atomic E-state index is 0.0871. The summed E-state index contributed by atoms with van der Waals surface area (Å²) in [5, 5.41) is 2.72. The highest BCUT2D eigenvalue weighted by Crippen LogP contribution is 2.25. The summed E-state index contributed by atoms with van der Waals surface area (Å²) >= 11 is 0. The molecule has 0 unspecified atom stereocenters. The van der Waals surface area contributed by atoms with Crippen molar-refractivity contribution >= 4 is 23.3 Å². The minimum atomic E-state index is -1.09. The van der Waals surface area contributed by atoms with Crippen molar-refractivity contribution in [3.05, 3.63) is 95.1 Å². The Morgan fingerprint density at radius 2 is 1.55 bits per heavy atom. The molecule has 33 heavy (non-hydrogen) atoms. The van der Waals surface area contributed by atoms with Crippen LogP contribution in [0.5, 0.6) is 5.75 Å². The van der Waals surface area contributed by atoms with Gasteiger partial charge in [-0.25, -0.2) is 0 Å². The lowest BCUT2D eigenvalue weighted by molar-refractivity contribution is -0.148. The van der Waals surface area contributed by atoms with E-state index in [4.69, 9.17) is 9.47 Å².